The molecule has 0 N–H and O–H groups in total. The van der Waals surface area contributed by atoms with E-state index in [0.717, 1.165) is 31.4 Å². The van der Waals surface area contributed by atoms with Gasteiger partial charge in [0.1, 0.15) is 5.75 Å². The highest BCUT2D eigenvalue weighted by Gasteiger charge is 2.06. The lowest BCUT2D eigenvalue weighted by molar-refractivity contribution is 0.405. The van der Waals surface area contributed by atoms with Crippen LogP contribution in [0.1, 0.15) is 5.56 Å². The number of halogens is 2. The van der Waals surface area contributed by atoms with E-state index in [-0.39, 0.29) is 0 Å². The van der Waals surface area contributed by atoms with Crippen LogP contribution in [0.2, 0.25) is 5.02 Å². The van der Waals surface area contributed by atoms with Gasteiger partial charge in [0.15, 0.2) is 0 Å². The number of ether oxygens (including phenoxy) is 1. The summed E-state index contributed by atoms with van der Waals surface area (Å²) in [6.07, 6.45) is 1.01. The Bertz CT molecular complexity index is 560. The highest BCUT2D eigenvalue weighted by molar-refractivity contribution is 14.1. The number of rotatable bonds is 5. The van der Waals surface area contributed by atoms with E-state index in [0.29, 0.717) is 0 Å². The van der Waals surface area contributed by atoms with Crippen LogP contribution in [0.4, 0.5) is 0 Å². The minimum atomic E-state index is 0.844. The van der Waals surface area contributed by atoms with E-state index in [2.05, 4.69) is 40.8 Å². The number of alkyl halides is 1. The predicted octanol–water partition coefficient (Wildman–Crippen LogP) is 5.48. The van der Waals surface area contributed by atoms with Crippen molar-refractivity contribution in [2.75, 3.05) is 11.5 Å². The topological polar surface area (TPSA) is 9.23 Å². The van der Waals surface area contributed by atoms with E-state index in [1.807, 2.05) is 24.3 Å². The van der Waals surface area contributed by atoms with Gasteiger partial charge in [0.05, 0.1) is 12.0 Å². The Morgan fingerprint density at radius 3 is 2.68 bits per heavy atom. The van der Waals surface area contributed by atoms with Gasteiger partial charge < -0.3 is 4.74 Å². The van der Waals surface area contributed by atoms with Crippen LogP contribution in [0.15, 0.2) is 52.3 Å². The van der Waals surface area contributed by atoms with E-state index in [4.69, 9.17) is 16.3 Å². The molecule has 19 heavy (non-hydrogen) atoms. The van der Waals surface area contributed by atoms with Gasteiger partial charge in [-0.25, -0.2) is 0 Å². The van der Waals surface area contributed by atoms with Crippen molar-refractivity contribution in [3.05, 3.63) is 53.1 Å². The Morgan fingerprint density at radius 1 is 1.21 bits per heavy atom. The van der Waals surface area contributed by atoms with Crippen molar-refractivity contribution in [1.82, 2.24) is 0 Å². The Hall–Kier alpha value is -0.390. The van der Waals surface area contributed by atoms with Gasteiger partial charge >= 0.3 is 0 Å². The zero-order valence-corrected chi connectivity index (χ0v) is 14.3. The number of aryl methyl sites for hydroxylation is 1. The van der Waals surface area contributed by atoms with Gasteiger partial charge in [0, 0.05) is 14.3 Å². The molecule has 0 bridgehead atoms. The van der Waals surface area contributed by atoms with Gasteiger partial charge in [0.2, 0.25) is 0 Å². The SMILES string of the molecule is COc1ccccc1Sc1ccc(CCI)c(Cl)c1. The van der Waals surface area contributed by atoms with Crippen LogP contribution in [-0.2, 0) is 6.42 Å². The second kappa shape index (κ2) is 7.41. The highest BCUT2D eigenvalue weighted by Crippen LogP contribution is 2.36. The van der Waals surface area contributed by atoms with Crippen molar-refractivity contribution in [3.8, 4) is 5.75 Å². The Labute approximate surface area is 136 Å². The van der Waals surface area contributed by atoms with Crippen LogP contribution in [0.3, 0.4) is 0 Å². The molecule has 0 fully saturated rings. The molecule has 0 aliphatic heterocycles. The summed E-state index contributed by atoms with van der Waals surface area (Å²) in [6, 6.07) is 14.3. The third-order valence-electron chi connectivity index (χ3n) is 2.69. The standard InChI is InChI=1S/C15H14ClIOS/c1-18-14-4-2-3-5-15(14)19-12-7-6-11(8-9-17)13(16)10-12/h2-7,10H,8-9H2,1H3. The first-order valence-electron chi connectivity index (χ1n) is 5.90. The smallest absolute Gasteiger partial charge is 0.132 e. The molecule has 0 aromatic heterocycles. The number of methoxy groups -OCH3 is 1. The average Bonchev–Trinajstić information content (AvgIpc) is 2.43. The molecule has 0 unspecified atom stereocenters. The Balaban J connectivity index is 2.21. The van der Waals surface area contributed by atoms with Gasteiger partial charge in [0.25, 0.3) is 0 Å². The van der Waals surface area contributed by atoms with Gasteiger partial charge in [-0.2, -0.15) is 0 Å². The summed E-state index contributed by atoms with van der Waals surface area (Å²) in [6.45, 7) is 0. The second-order valence-electron chi connectivity index (χ2n) is 3.95. The summed E-state index contributed by atoms with van der Waals surface area (Å²) in [5, 5.41) is 0.844. The first kappa shape index (κ1) is 15.0. The number of para-hydroxylation sites is 1. The van der Waals surface area contributed by atoms with Crippen molar-refractivity contribution in [1.29, 1.82) is 0 Å². The minimum Gasteiger partial charge on any atom is -0.496 e. The Morgan fingerprint density at radius 2 is 2.00 bits per heavy atom. The molecule has 0 heterocycles. The molecule has 0 aliphatic carbocycles. The zero-order valence-electron chi connectivity index (χ0n) is 10.5. The first-order chi connectivity index (χ1) is 9.24. The lowest BCUT2D eigenvalue weighted by Crippen LogP contribution is -1.88. The minimum absolute atomic E-state index is 0.844. The third-order valence-corrected chi connectivity index (χ3v) is 4.62. The molecule has 0 atom stereocenters. The van der Waals surface area contributed by atoms with E-state index in [9.17, 15) is 0 Å². The van der Waals surface area contributed by atoms with E-state index < -0.39 is 0 Å². The molecule has 100 valence electrons. The summed E-state index contributed by atoms with van der Waals surface area (Å²) >= 11 is 10.3. The monoisotopic (exact) mass is 404 g/mol. The molecule has 4 heteroatoms. The zero-order chi connectivity index (χ0) is 13.7. The lowest BCUT2D eigenvalue weighted by atomic mass is 10.2. The van der Waals surface area contributed by atoms with Crippen LogP contribution in [0.25, 0.3) is 0 Å². The molecular formula is C15H14ClIOS. The molecule has 0 spiro atoms. The van der Waals surface area contributed by atoms with Crippen molar-refractivity contribution in [3.63, 3.8) is 0 Å². The summed E-state index contributed by atoms with van der Waals surface area (Å²) in [5.74, 6) is 0.889. The average molecular weight is 405 g/mol. The van der Waals surface area contributed by atoms with Crippen molar-refractivity contribution in [2.24, 2.45) is 0 Å². The maximum Gasteiger partial charge on any atom is 0.132 e. The molecule has 0 amide bonds. The van der Waals surface area contributed by atoms with Crippen LogP contribution >= 0.6 is 46.0 Å². The van der Waals surface area contributed by atoms with Crippen LogP contribution < -0.4 is 4.74 Å². The van der Waals surface area contributed by atoms with E-state index in [1.165, 1.54) is 5.56 Å². The van der Waals surface area contributed by atoms with Crippen molar-refractivity contribution < 1.29 is 4.74 Å². The Kier molecular flexibility index (Phi) is 5.85. The van der Waals surface area contributed by atoms with E-state index >= 15 is 0 Å². The molecule has 2 aromatic rings. The summed E-state index contributed by atoms with van der Waals surface area (Å²) < 4.78 is 6.44. The third kappa shape index (κ3) is 4.04. The largest absolute Gasteiger partial charge is 0.496 e. The molecular weight excluding hydrogens is 391 g/mol. The number of hydrogen-bond donors (Lipinski definition) is 0. The molecule has 0 saturated heterocycles. The maximum atomic E-state index is 6.30. The quantitative estimate of drug-likeness (QED) is 0.482. The maximum absolute atomic E-state index is 6.30. The summed E-state index contributed by atoms with van der Waals surface area (Å²) in [7, 11) is 1.69. The fourth-order valence-electron chi connectivity index (χ4n) is 1.73. The molecule has 0 aliphatic rings. The molecule has 1 nitrogen and oxygen atoms in total. The van der Waals surface area contributed by atoms with Crippen LogP contribution in [0, 0.1) is 0 Å². The molecule has 2 aromatic carbocycles. The van der Waals surface area contributed by atoms with Crippen LogP contribution in [-0.4, -0.2) is 11.5 Å². The molecule has 0 saturated carbocycles. The van der Waals surface area contributed by atoms with Crippen LogP contribution in [0.5, 0.6) is 5.75 Å². The fourth-order valence-corrected chi connectivity index (χ4v) is 3.61. The number of hydrogen-bond acceptors (Lipinski definition) is 2. The lowest BCUT2D eigenvalue weighted by Gasteiger charge is -2.09. The van der Waals surface area contributed by atoms with Gasteiger partial charge in [-0.1, -0.05) is 64.2 Å². The summed E-state index contributed by atoms with van der Waals surface area (Å²) in [4.78, 5) is 2.23. The van der Waals surface area contributed by atoms with E-state index in [1.54, 1.807) is 18.9 Å². The second-order valence-corrected chi connectivity index (χ2v) is 6.55. The predicted molar refractivity (Wildman–Crippen MR) is 91.2 cm³/mol. The number of benzene rings is 2. The van der Waals surface area contributed by atoms with Crippen molar-refractivity contribution in [2.45, 2.75) is 16.2 Å². The normalized spacial score (nSPS) is 10.5. The van der Waals surface area contributed by atoms with Gasteiger partial charge in [-0.05, 0) is 36.2 Å². The molecule has 0 radical (unpaired) electrons. The fraction of sp³-hybridized carbons (Fsp3) is 0.200. The molecule has 2 rings (SSSR count). The van der Waals surface area contributed by atoms with Gasteiger partial charge in [-0.3, -0.25) is 0 Å². The highest BCUT2D eigenvalue weighted by atomic mass is 127. The van der Waals surface area contributed by atoms with Gasteiger partial charge in [-0.15, -0.1) is 0 Å². The first-order valence-corrected chi connectivity index (χ1v) is 8.62. The summed E-state index contributed by atoms with van der Waals surface area (Å²) in [5.41, 5.74) is 1.21. The van der Waals surface area contributed by atoms with Crippen molar-refractivity contribution >= 4 is 46.0 Å².